The van der Waals surface area contributed by atoms with E-state index in [0.717, 1.165) is 0 Å². The van der Waals surface area contributed by atoms with Crippen molar-refractivity contribution in [1.29, 1.82) is 0 Å². The van der Waals surface area contributed by atoms with Gasteiger partial charge >= 0.3 is 0 Å². The number of aromatic nitrogens is 1. The highest BCUT2D eigenvalue weighted by atomic mass is 35.5. The van der Waals surface area contributed by atoms with E-state index < -0.39 is 10.0 Å². The largest absolute Gasteiger partial charge is 0.480 e. The van der Waals surface area contributed by atoms with Gasteiger partial charge < -0.3 is 4.74 Å². The molecule has 0 radical (unpaired) electrons. The van der Waals surface area contributed by atoms with E-state index >= 15 is 0 Å². The zero-order valence-electron chi connectivity index (χ0n) is 6.69. The topological polar surface area (TPSA) is 82.3 Å². The van der Waals surface area contributed by atoms with Crippen LogP contribution in [0.1, 0.15) is 0 Å². The predicted molar refractivity (Wildman–Crippen MR) is 47.2 cm³/mol. The molecular formula is C6H7ClN2O3S. The molecule has 72 valence electrons. The van der Waals surface area contributed by atoms with Crippen molar-refractivity contribution in [3.05, 3.63) is 17.3 Å². The van der Waals surface area contributed by atoms with Crippen LogP contribution in [-0.4, -0.2) is 20.5 Å². The first kappa shape index (κ1) is 10.2. The summed E-state index contributed by atoms with van der Waals surface area (Å²) in [5.74, 6) is 0.0354. The summed E-state index contributed by atoms with van der Waals surface area (Å²) in [6, 6.07) is 1.21. The molecule has 0 fully saturated rings. The smallest absolute Gasteiger partial charge is 0.239 e. The standard InChI is InChI=1S/C6H7ClN2O3S/c1-12-6-5(7)4(2-3-9-6)13(8,10)11/h2-3H,1H3,(H2,8,10,11). The molecule has 0 aliphatic heterocycles. The van der Waals surface area contributed by atoms with Gasteiger partial charge in [-0.25, -0.2) is 18.5 Å². The second-order valence-corrected chi connectivity index (χ2v) is 4.09. The first-order valence-electron chi connectivity index (χ1n) is 3.18. The van der Waals surface area contributed by atoms with Crippen LogP contribution >= 0.6 is 11.6 Å². The third kappa shape index (κ3) is 2.09. The van der Waals surface area contributed by atoms with E-state index in [-0.39, 0.29) is 15.8 Å². The lowest BCUT2D eigenvalue weighted by Crippen LogP contribution is -2.13. The van der Waals surface area contributed by atoms with Crippen molar-refractivity contribution >= 4 is 21.6 Å². The van der Waals surface area contributed by atoms with Gasteiger partial charge in [-0.2, -0.15) is 0 Å². The Hall–Kier alpha value is -0.850. The van der Waals surface area contributed by atoms with Gasteiger partial charge in [0.05, 0.1) is 7.11 Å². The number of ether oxygens (including phenoxy) is 1. The molecule has 0 unspecified atom stereocenters. The van der Waals surface area contributed by atoms with Crippen LogP contribution in [0.3, 0.4) is 0 Å². The molecule has 2 N–H and O–H groups in total. The van der Waals surface area contributed by atoms with Gasteiger partial charge in [-0.3, -0.25) is 0 Å². The molecule has 0 spiro atoms. The zero-order valence-corrected chi connectivity index (χ0v) is 8.26. The van der Waals surface area contributed by atoms with E-state index in [4.69, 9.17) is 21.5 Å². The summed E-state index contributed by atoms with van der Waals surface area (Å²) in [4.78, 5) is 3.50. The van der Waals surface area contributed by atoms with Crippen LogP contribution in [0.5, 0.6) is 5.88 Å². The van der Waals surface area contributed by atoms with E-state index in [1.807, 2.05) is 0 Å². The number of primary sulfonamides is 1. The highest BCUT2D eigenvalue weighted by Gasteiger charge is 2.16. The summed E-state index contributed by atoms with van der Waals surface area (Å²) in [5.41, 5.74) is 0. The van der Waals surface area contributed by atoms with Gasteiger partial charge in [0, 0.05) is 6.20 Å². The van der Waals surface area contributed by atoms with E-state index in [0.29, 0.717) is 0 Å². The van der Waals surface area contributed by atoms with Crippen LogP contribution in [0.25, 0.3) is 0 Å². The van der Waals surface area contributed by atoms with Crippen molar-refractivity contribution in [2.75, 3.05) is 7.11 Å². The highest BCUT2D eigenvalue weighted by molar-refractivity contribution is 7.89. The maximum atomic E-state index is 10.9. The maximum Gasteiger partial charge on any atom is 0.239 e. The summed E-state index contributed by atoms with van der Waals surface area (Å²) in [6.07, 6.45) is 1.25. The molecule has 0 saturated heterocycles. The number of methoxy groups -OCH3 is 1. The maximum absolute atomic E-state index is 10.9. The second-order valence-electron chi connectivity index (χ2n) is 2.18. The van der Waals surface area contributed by atoms with Gasteiger partial charge in [0.1, 0.15) is 9.92 Å². The number of halogens is 1. The summed E-state index contributed by atoms with van der Waals surface area (Å²) in [7, 11) is -2.48. The van der Waals surface area contributed by atoms with E-state index in [2.05, 4.69) is 4.98 Å². The Bertz CT molecular complexity index is 418. The fourth-order valence-corrected chi connectivity index (χ4v) is 1.87. The lowest BCUT2D eigenvalue weighted by atomic mass is 10.5. The normalized spacial score (nSPS) is 11.3. The average Bonchev–Trinajstić information content (AvgIpc) is 2.02. The van der Waals surface area contributed by atoms with Crippen molar-refractivity contribution in [1.82, 2.24) is 4.98 Å². The minimum atomic E-state index is -3.82. The van der Waals surface area contributed by atoms with Gasteiger partial charge in [0.25, 0.3) is 0 Å². The van der Waals surface area contributed by atoms with Crippen molar-refractivity contribution < 1.29 is 13.2 Å². The molecule has 0 amide bonds. The lowest BCUT2D eigenvalue weighted by molar-refractivity contribution is 0.396. The average molecular weight is 223 g/mol. The Morgan fingerprint density at radius 3 is 2.69 bits per heavy atom. The third-order valence-electron chi connectivity index (χ3n) is 1.32. The summed E-state index contributed by atoms with van der Waals surface area (Å²) >= 11 is 5.65. The highest BCUT2D eigenvalue weighted by Crippen LogP contribution is 2.27. The number of nitrogens with two attached hydrogens (primary N) is 1. The number of nitrogens with zero attached hydrogens (tertiary/aromatic N) is 1. The molecule has 1 rings (SSSR count). The molecule has 7 heteroatoms. The van der Waals surface area contributed by atoms with Crippen molar-refractivity contribution in [3.63, 3.8) is 0 Å². The first-order valence-corrected chi connectivity index (χ1v) is 5.10. The minimum absolute atomic E-state index is 0.0354. The van der Waals surface area contributed by atoms with Gasteiger partial charge in [-0.15, -0.1) is 0 Å². The van der Waals surface area contributed by atoms with E-state index in [1.165, 1.54) is 19.4 Å². The molecule has 0 bridgehead atoms. The van der Waals surface area contributed by atoms with Crippen LogP contribution in [0, 0.1) is 0 Å². The van der Waals surface area contributed by atoms with Gasteiger partial charge in [0.2, 0.25) is 15.9 Å². The lowest BCUT2D eigenvalue weighted by Gasteiger charge is -2.04. The van der Waals surface area contributed by atoms with E-state index in [1.54, 1.807) is 0 Å². The Morgan fingerprint density at radius 2 is 2.23 bits per heavy atom. The monoisotopic (exact) mass is 222 g/mol. The van der Waals surface area contributed by atoms with Crippen LogP contribution in [-0.2, 0) is 10.0 Å². The van der Waals surface area contributed by atoms with Crippen LogP contribution < -0.4 is 9.88 Å². The summed E-state index contributed by atoms with van der Waals surface area (Å²) in [5, 5.41) is 4.78. The van der Waals surface area contributed by atoms with Gasteiger partial charge in [0.15, 0.2) is 0 Å². The molecule has 0 atom stereocenters. The SMILES string of the molecule is COc1nccc(S(N)(=O)=O)c1Cl. The van der Waals surface area contributed by atoms with Crippen molar-refractivity contribution in [3.8, 4) is 5.88 Å². The number of pyridine rings is 1. The fourth-order valence-electron chi connectivity index (χ4n) is 0.770. The molecule has 0 aromatic carbocycles. The molecule has 0 aliphatic rings. The number of sulfonamides is 1. The fraction of sp³-hybridized carbons (Fsp3) is 0.167. The molecule has 0 aliphatic carbocycles. The molecule has 1 aromatic heterocycles. The van der Waals surface area contributed by atoms with Gasteiger partial charge in [-0.1, -0.05) is 11.6 Å². The van der Waals surface area contributed by atoms with Crippen molar-refractivity contribution in [2.45, 2.75) is 4.90 Å². The Labute approximate surface area is 80.5 Å². The predicted octanol–water partition coefficient (Wildman–Crippen LogP) is 0.391. The second kappa shape index (κ2) is 3.49. The van der Waals surface area contributed by atoms with Crippen LogP contribution in [0.4, 0.5) is 0 Å². The Kier molecular flexibility index (Phi) is 2.74. The van der Waals surface area contributed by atoms with Crippen LogP contribution in [0.2, 0.25) is 5.02 Å². The van der Waals surface area contributed by atoms with Gasteiger partial charge in [-0.05, 0) is 6.07 Å². The van der Waals surface area contributed by atoms with E-state index in [9.17, 15) is 8.42 Å². The summed E-state index contributed by atoms with van der Waals surface area (Å²) in [6.45, 7) is 0. The number of hydrogen-bond donors (Lipinski definition) is 1. The Morgan fingerprint density at radius 1 is 1.62 bits per heavy atom. The first-order chi connectivity index (χ1) is 5.96. The number of rotatable bonds is 2. The molecule has 13 heavy (non-hydrogen) atoms. The molecule has 1 aromatic rings. The molecular weight excluding hydrogens is 216 g/mol. The number of hydrogen-bond acceptors (Lipinski definition) is 4. The minimum Gasteiger partial charge on any atom is -0.480 e. The summed E-state index contributed by atoms with van der Waals surface area (Å²) < 4.78 is 26.6. The molecule has 0 saturated carbocycles. The Balaban J connectivity index is 3.41. The molecule has 5 nitrogen and oxygen atoms in total. The third-order valence-corrected chi connectivity index (χ3v) is 2.75. The molecule has 1 heterocycles. The zero-order chi connectivity index (χ0) is 10.1. The quantitative estimate of drug-likeness (QED) is 0.785. The van der Waals surface area contributed by atoms with Crippen molar-refractivity contribution in [2.24, 2.45) is 5.14 Å². The van der Waals surface area contributed by atoms with Crippen LogP contribution in [0.15, 0.2) is 17.2 Å².